The minimum Gasteiger partial charge on any atom is -0.367 e. The topological polar surface area (TPSA) is 105 Å². The first-order valence-corrected chi connectivity index (χ1v) is 11.8. The van der Waals surface area contributed by atoms with E-state index in [2.05, 4.69) is 17.6 Å². The third-order valence-corrected chi connectivity index (χ3v) is 7.45. The zero-order valence-corrected chi connectivity index (χ0v) is 19.6. The highest BCUT2D eigenvalue weighted by molar-refractivity contribution is 5.99. The Kier molecular flexibility index (Phi) is 6.56. The van der Waals surface area contributed by atoms with Crippen molar-refractivity contribution in [2.75, 3.05) is 13.2 Å². The van der Waals surface area contributed by atoms with E-state index in [-0.39, 0.29) is 47.5 Å². The number of ketones is 1. The summed E-state index contributed by atoms with van der Waals surface area (Å²) in [6.07, 6.45) is 3.46. The second kappa shape index (κ2) is 9.25. The lowest BCUT2D eigenvalue weighted by atomic mass is 9.79. The molecule has 2 heterocycles. The summed E-state index contributed by atoms with van der Waals surface area (Å²) < 4.78 is 5.65. The number of hydrogen-bond donors (Lipinski definition) is 2. The Labute approximate surface area is 194 Å². The number of rotatable bonds is 6. The van der Waals surface area contributed by atoms with E-state index in [1.807, 2.05) is 6.92 Å². The Morgan fingerprint density at radius 1 is 1.18 bits per heavy atom. The van der Waals surface area contributed by atoms with Gasteiger partial charge in [0.15, 0.2) is 5.78 Å². The second-order valence-electron chi connectivity index (χ2n) is 10.0. The van der Waals surface area contributed by atoms with Crippen molar-refractivity contribution in [3.63, 3.8) is 0 Å². The lowest BCUT2D eigenvalue weighted by molar-refractivity contribution is -0.140. The Hall–Kier alpha value is -2.74. The summed E-state index contributed by atoms with van der Waals surface area (Å²) in [5.74, 6) is -0.602. The molecular formula is C25H33N3O5. The molecule has 33 heavy (non-hydrogen) atoms. The summed E-state index contributed by atoms with van der Waals surface area (Å²) in [5.41, 5.74) is 0.977. The van der Waals surface area contributed by atoms with Gasteiger partial charge in [0.05, 0.1) is 6.10 Å². The van der Waals surface area contributed by atoms with Crippen LogP contribution in [-0.4, -0.2) is 59.7 Å². The van der Waals surface area contributed by atoms with Gasteiger partial charge in [-0.15, -0.1) is 0 Å². The third-order valence-electron chi connectivity index (χ3n) is 7.45. The van der Waals surface area contributed by atoms with Crippen molar-refractivity contribution in [2.45, 2.75) is 71.2 Å². The molecule has 2 saturated heterocycles. The number of ether oxygens (including phenoxy) is 1. The van der Waals surface area contributed by atoms with Crippen LogP contribution in [0.15, 0.2) is 24.3 Å². The number of hydrogen-bond acceptors (Lipinski definition) is 5. The van der Waals surface area contributed by atoms with E-state index < -0.39 is 12.1 Å². The Bertz CT molecular complexity index is 938. The summed E-state index contributed by atoms with van der Waals surface area (Å²) in [7, 11) is 0. The molecule has 1 aromatic rings. The average Bonchev–Trinajstić information content (AvgIpc) is 3.48. The first-order valence-electron chi connectivity index (χ1n) is 11.8. The fraction of sp³-hybridized carbons (Fsp3) is 0.600. The second-order valence-corrected chi connectivity index (χ2v) is 10.0. The van der Waals surface area contributed by atoms with Gasteiger partial charge in [-0.05, 0) is 36.0 Å². The lowest BCUT2D eigenvalue weighted by Crippen LogP contribution is -2.57. The summed E-state index contributed by atoms with van der Waals surface area (Å²) in [4.78, 5) is 52.2. The van der Waals surface area contributed by atoms with Crippen molar-refractivity contribution in [3.05, 3.63) is 35.4 Å². The highest BCUT2D eigenvalue weighted by Crippen LogP contribution is 2.42. The van der Waals surface area contributed by atoms with Crippen LogP contribution in [0.1, 0.15) is 62.4 Å². The van der Waals surface area contributed by atoms with E-state index in [1.165, 1.54) is 6.92 Å². The van der Waals surface area contributed by atoms with Gasteiger partial charge in [0.1, 0.15) is 18.7 Å². The molecule has 1 aliphatic carbocycles. The molecule has 4 rings (SSSR count). The van der Waals surface area contributed by atoms with Gasteiger partial charge in [-0.2, -0.15) is 0 Å². The summed E-state index contributed by atoms with van der Waals surface area (Å²) in [6.45, 7) is 6.41. The van der Waals surface area contributed by atoms with Gasteiger partial charge in [0.25, 0.3) is 5.91 Å². The first-order chi connectivity index (χ1) is 15.7. The number of benzene rings is 1. The van der Waals surface area contributed by atoms with E-state index in [0.29, 0.717) is 18.7 Å². The van der Waals surface area contributed by atoms with Gasteiger partial charge in [-0.25, -0.2) is 0 Å². The van der Waals surface area contributed by atoms with Gasteiger partial charge < -0.3 is 20.3 Å². The monoisotopic (exact) mass is 455 g/mol. The minimum atomic E-state index is -0.703. The van der Waals surface area contributed by atoms with Crippen LogP contribution in [-0.2, 0) is 25.7 Å². The standard InChI is InChI=1S/C25H33N3O5/c1-15-13-28(20-19(30)14-33-21(15)20)24(32)22(25(3)10-4-5-11-25)27-23(31)18-8-6-17(7-9-18)12-26-16(2)29/h6-9,15,20-22H,4-5,10-14H2,1-3H3,(H,26,29)(H,27,31)/t15-,20+,21+,22+/m0/s1. The SMILES string of the molecule is CC(=O)NCc1ccc(C(=O)N[C@H](C(=O)N2C[C@H](C)[C@H]3OCC(=O)[C@H]32)C2(C)CCCC2)cc1. The van der Waals surface area contributed by atoms with Crippen LogP contribution < -0.4 is 10.6 Å². The number of nitrogens with one attached hydrogen (secondary N) is 2. The number of carbonyl (C=O) groups excluding carboxylic acids is 4. The van der Waals surface area contributed by atoms with Gasteiger partial charge in [0.2, 0.25) is 11.8 Å². The van der Waals surface area contributed by atoms with Crippen LogP contribution in [0.4, 0.5) is 0 Å². The number of carbonyl (C=O) groups is 4. The molecule has 178 valence electrons. The number of likely N-dealkylation sites (tertiary alicyclic amines) is 1. The van der Waals surface area contributed by atoms with Gasteiger partial charge in [0, 0.05) is 31.5 Å². The summed E-state index contributed by atoms with van der Waals surface area (Å²) in [6, 6.07) is 5.73. The maximum absolute atomic E-state index is 13.8. The van der Waals surface area contributed by atoms with Gasteiger partial charge >= 0.3 is 0 Å². The molecule has 2 N–H and O–H groups in total. The largest absolute Gasteiger partial charge is 0.367 e. The summed E-state index contributed by atoms with van der Waals surface area (Å²) in [5, 5.41) is 5.75. The third kappa shape index (κ3) is 4.67. The number of nitrogens with zero attached hydrogens (tertiary/aromatic N) is 1. The maximum atomic E-state index is 13.8. The molecule has 2 aliphatic heterocycles. The molecule has 0 radical (unpaired) electrons. The Balaban J connectivity index is 1.53. The normalized spacial score (nSPS) is 26.7. The van der Waals surface area contributed by atoms with Crippen molar-refractivity contribution < 1.29 is 23.9 Å². The van der Waals surface area contributed by atoms with Crippen LogP contribution in [0, 0.1) is 11.3 Å². The van der Waals surface area contributed by atoms with Crippen molar-refractivity contribution in [1.82, 2.24) is 15.5 Å². The van der Waals surface area contributed by atoms with E-state index >= 15 is 0 Å². The molecule has 8 heteroatoms. The molecule has 3 aliphatic rings. The van der Waals surface area contributed by atoms with Crippen LogP contribution in [0.25, 0.3) is 0 Å². The van der Waals surface area contributed by atoms with Crippen molar-refractivity contribution in [2.24, 2.45) is 11.3 Å². The molecule has 0 bridgehead atoms. The fourth-order valence-corrected chi connectivity index (χ4v) is 5.51. The quantitative estimate of drug-likeness (QED) is 0.681. The number of fused-ring (bicyclic) bond motifs is 1. The highest BCUT2D eigenvalue weighted by Gasteiger charge is 2.54. The molecule has 1 aromatic carbocycles. The molecule has 0 aromatic heterocycles. The molecule has 0 unspecified atom stereocenters. The minimum absolute atomic E-state index is 0.0442. The molecule has 3 amide bonds. The Morgan fingerprint density at radius 2 is 1.85 bits per heavy atom. The van der Waals surface area contributed by atoms with E-state index in [9.17, 15) is 19.2 Å². The van der Waals surface area contributed by atoms with Crippen LogP contribution in [0.3, 0.4) is 0 Å². The molecule has 8 nitrogen and oxygen atoms in total. The van der Waals surface area contributed by atoms with E-state index in [4.69, 9.17) is 4.74 Å². The first kappa shape index (κ1) is 23.4. The number of amides is 3. The predicted molar refractivity (Wildman–Crippen MR) is 121 cm³/mol. The predicted octanol–water partition coefficient (Wildman–Crippen LogP) is 1.82. The summed E-state index contributed by atoms with van der Waals surface area (Å²) >= 11 is 0. The smallest absolute Gasteiger partial charge is 0.251 e. The van der Waals surface area contributed by atoms with Gasteiger partial charge in [-0.3, -0.25) is 19.2 Å². The van der Waals surface area contributed by atoms with Crippen molar-refractivity contribution >= 4 is 23.5 Å². The lowest BCUT2D eigenvalue weighted by Gasteiger charge is -2.37. The molecule has 1 saturated carbocycles. The van der Waals surface area contributed by atoms with Crippen LogP contribution in [0.5, 0.6) is 0 Å². The van der Waals surface area contributed by atoms with E-state index in [1.54, 1.807) is 29.2 Å². The van der Waals surface area contributed by atoms with Crippen molar-refractivity contribution in [3.8, 4) is 0 Å². The van der Waals surface area contributed by atoms with Crippen LogP contribution >= 0.6 is 0 Å². The van der Waals surface area contributed by atoms with Crippen molar-refractivity contribution in [1.29, 1.82) is 0 Å². The van der Waals surface area contributed by atoms with Gasteiger partial charge in [-0.1, -0.05) is 38.8 Å². The maximum Gasteiger partial charge on any atom is 0.251 e. The Morgan fingerprint density at radius 3 is 2.48 bits per heavy atom. The van der Waals surface area contributed by atoms with Crippen LogP contribution in [0.2, 0.25) is 0 Å². The zero-order valence-electron chi connectivity index (χ0n) is 19.6. The average molecular weight is 456 g/mol. The highest BCUT2D eigenvalue weighted by atomic mass is 16.5. The van der Waals surface area contributed by atoms with E-state index in [0.717, 1.165) is 31.2 Å². The molecular weight excluding hydrogens is 422 g/mol. The molecule has 3 fully saturated rings. The zero-order chi connectivity index (χ0) is 23.8. The number of Topliss-reactive ketones (excluding diaryl/α,β-unsaturated/α-hetero) is 1. The fourth-order valence-electron chi connectivity index (χ4n) is 5.51. The molecule has 4 atom stereocenters. The molecule has 0 spiro atoms.